The van der Waals surface area contributed by atoms with Gasteiger partial charge in [0.1, 0.15) is 16.7 Å². The summed E-state index contributed by atoms with van der Waals surface area (Å²) in [6, 6.07) is 15.7. The molecule has 9 heteroatoms. The van der Waals surface area contributed by atoms with E-state index in [0.29, 0.717) is 33.1 Å². The summed E-state index contributed by atoms with van der Waals surface area (Å²) >= 11 is 0. The van der Waals surface area contributed by atoms with Crippen molar-refractivity contribution in [3.63, 3.8) is 0 Å². The summed E-state index contributed by atoms with van der Waals surface area (Å²) in [5, 5.41) is 4.66. The zero-order valence-electron chi connectivity index (χ0n) is 15.8. The van der Waals surface area contributed by atoms with E-state index in [9.17, 15) is 21.6 Å². The van der Waals surface area contributed by atoms with E-state index in [-0.39, 0.29) is 5.58 Å². The van der Waals surface area contributed by atoms with Crippen LogP contribution >= 0.6 is 0 Å². The lowest BCUT2D eigenvalue weighted by Crippen LogP contribution is -2.28. The second-order valence-electron chi connectivity index (χ2n) is 7.66. The van der Waals surface area contributed by atoms with Crippen molar-refractivity contribution < 1.29 is 34.6 Å². The third kappa shape index (κ3) is 2.02. The maximum atomic E-state index is 13.0. The number of rotatable bonds is 2. The number of hydrogen-bond acceptors (Lipinski definition) is 5. The van der Waals surface area contributed by atoms with Crippen LogP contribution in [0.4, 0.5) is 13.2 Å². The molecule has 0 unspecified atom stereocenters. The normalized spacial score (nSPS) is 13.7. The van der Waals surface area contributed by atoms with Crippen LogP contribution in [-0.4, -0.2) is 13.9 Å². The Morgan fingerprint density at radius 3 is 2.09 bits per heavy atom. The summed E-state index contributed by atoms with van der Waals surface area (Å²) < 4.78 is 78.8. The van der Waals surface area contributed by atoms with Gasteiger partial charge in [0.05, 0.1) is 0 Å². The maximum Gasteiger partial charge on any atom is 0.534 e. The molecule has 2 aromatic heterocycles. The van der Waals surface area contributed by atoms with Crippen LogP contribution in [0.2, 0.25) is 0 Å². The zero-order valence-corrected chi connectivity index (χ0v) is 16.6. The highest BCUT2D eigenvalue weighted by Gasteiger charge is 2.49. The van der Waals surface area contributed by atoms with Crippen LogP contribution in [0, 0.1) is 0 Å². The molecule has 0 atom stereocenters. The van der Waals surface area contributed by atoms with Gasteiger partial charge in [0.25, 0.3) is 0 Å². The van der Waals surface area contributed by atoms with E-state index in [0.717, 1.165) is 27.1 Å². The van der Waals surface area contributed by atoms with Gasteiger partial charge in [0.2, 0.25) is 0 Å². The molecule has 0 spiro atoms. The molecular weight excluding hydrogens is 445 g/mol. The molecule has 0 radical (unpaired) electrons. The Bertz CT molecular complexity index is 1910. The summed E-state index contributed by atoms with van der Waals surface area (Å²) in [5.74, 6) is -0.518. The lowest BCUT2D eigenvalue weighted by molar-refractivity contribution is -0.0499. The average molecular weight is 454 g/mol. The highest BCUT2D eigenvalue weighted by molar-refractivity contribution is 7.88. The largest absolute Gasteiger partial charge is 0.534 e. The Balaban J connectivity index is 1.72. The predicted molar refractivity (Wildman–Crippen MR) is 113 cm³/mol. The molecule has 32 heavy (non-hydrogen) atoms. The van der Waals surface area contributed by atoms with Gasteiger partial charge in [-0.1, -0.05) is 24.3 Å². The first kappa shape index (κ1) is 17.9. The van der Waals surface area contributed by atoms with Crippen LogP contribution < -0.4 is 4.18 Å². The Labute approximate surface area is 176 Å². The third-order valence-electron chi connectivity index (χ3n) is 5.96. The van der Waals surface area contributed by atoms with E-state index >= 15 is 0 Å². The maximum absolute atomic E-state index is 13.0. The van der Waals surface area contributed by atoms with Crippen molar-refractivity contribution >= 4 is 64.8 Å². The van der Waals surface area contributed by atoms with Gasteiger partial charge < -0.3 is 13.0 Å². The number of hydrogen-bond donors (Lipinski definition) is 0. The molecule has 7 rings (SSSR count). The molecule has 1 aliphatic carbocycles. The first-order valence-electron chi connectivity index (χ1n) is 9.52. The Kier molecular flexibility index (Phi) is 3.00. The fraction of sp³-hybridized carbons (Fsp3) is 0.0435. The van der Waals surface area contributed by atoms with E-state index in [4.69, 9.17) is 8.83 Å². The lowest BCUT2D eigenvalue weighted by Gasteiger charge is -2.11. The standard InChI is InChI=1S/C23H9F3O5S/c24-23(25,26)32(27,28)31-16-9-6-12-11-2-1-3-13-18(11)20-14(29-13)7-4-10-5-8-15-21(17(10)20)19(12)22(16)30-15/h1-9H. The molecule has 0 saturated carbocycles. The van der Waals surface area contributed by atoms with Crippen molar-refractivity contribution in [2.75, 3.05) is 0 Å². The molecule has 5 nitrogen and oxygen atoms in total. The highest BCUT2D eigenvalue weighted by Crippen LogP contribution is 2.51. The average Bonchev–Trinajstić information content (AvgIpc) is 3.27. The Hall–Kier alpha value is -3.72. The predicted octanol–water partition coefficient (Wildman–Crippen LogP) is 6.85. The fourth-order valence-electron chi connectivity index (χ4n) is 4.74. The molecule has 0 aliphatic heterocycles. The smallest absolute Gasteiger partial charge is 0.456 e. The van der Waals surface area contributed by atoms with E-state index in [1.54, 1.807) is 12.1 Å². The van der Waals surface area contributed by atoms with Gasteiger partial charge in [-0.3, -0.25) is 0 Å². The molecule has 158 valence electrons. The second kappa shape index (κ2) is 5.36. The van der Waals surface area contributed by atoms with Crippen LogP contribution in [0.5, 0.6) is 5.75 Å². The van der Waals surface area contributed by atoms with Gasteiger partial charge >= 0.3 is 15.6 Å². The molecule has 2 heterocycles. The van der Waals surface area contributed by atoms with Crippen LogP contribution in [0.3, 0.4) is 0 Å². The number of furan rings is 2. The minimum Gasteiger partial charge on any atom is -0.456 e. The van der Waals surface area contributed by atoms with Crippen molar-refractivity contribution in [1.29, 1.82) is 0 Å². The van der Waals surface area contributed by atoms with Crippen molar-refractivity contribution in [3.05, 3.63) is 54.6 Å². The molecule has 0 amide bonds. The van der Waals surface area contributed by atoms with Crippen molar-refractivity contribution in [1.82, 2.24) is 0 Å². The van der Waals surface area contributed by atoms with Crippen molar-refractivity contribution in [2.45, 2.75) is 5.51 Å². The molecule has 0 bridgehead atoms. The number of alkyl halides is 3. The van der Waals surface area contributed by atoms with E-state index < -0.39 is 21.4 Å². The molecule has 0 fully saturated rings. The molecule has 4 aromatic carbocycles. The summed E-state index contributed by atoms with van der Waals surface area (Å²) in [4.78, 5) is 0. The second-order valence-corrected chi connectivity index (χ2v) is 9.19. The minimum atomic E-state index is -5.87. The molecule has 6 aromatic rings. The molecule has 0 N–H and O–H groups in total. The summed E-state index contributed by atoms with van der Waals surface area (Å²) in [7, 11) is -5.87. The third-order valence-corrected chi connectivity index (χ3v) is 6.93. The van der Waals surface area contributed by atoms with Gasteiger partial charge in [0, 0.05) is 26.9 Å². The van der Waals surface area contributed by atoms with E-state index in [1.807, 2.05) is 36.4 Å². The van der Waals surface area contributed by atoms with Gasteiger partial charge in [-0.05, 0) is 46.8 Å². The summed E-state index contributed by atoms with van der Waals surface area (Å²) in [6.07, 6.45) is 0. The summed E-state index contributed by atoms with van der Waals surface area (Å²) in [6.45, 7) is 0. The van der Waals surface area contributed by atoms with Crippen LogP contribution in [0.25, 0.3) is 65.8 Å². The van der Waals surface area contributed by atoms with Crippen molar-refractivity contribution in [3.8, 4) is 16.9 Å². The molecule has 1 aliphatic rings. The topological polar surface area (TPSA) is 69.7 Å². The minimum absolute atomic E-state index is 0.0612. The fourth-order valence-corrected chi connectivity index (χ4v) is 5.20. The highest BCUT2D eigenvalue weighted by atomic mass is 32.2. The molecular formula is C23H9F3O5S. The van der Waals surface area contributed by atoms with Crippen molar-refractivity contribution in [2.24, 2.45) is 0 Å². The van der Waals surface area contributed by atoms with Crippen LogP contribution in [0.1, 0.15) is 0 Å². The molecule has 0 saturated heterocycles. The monoisotopic (exact) mass is 454 g/mol. The zero-order chi connectivity index (χ0) is 22.0. The van der Waals surface area contributed by atoms with Gasteiger partial charge in [-0.2, -0.15) is 21.6 Å². The number of halogens is 3. The number of benzene rings is 4. The quantitative estimate of drug-likeness (QED) is 0.211. The van der Waals surface area contributed by atoms with Crippen LogP contribution in [0.15, 0.2) is 63.4 Å². The Morgan fingerprint density at radius 1 is 0.688 bits per heavy atom. The van der Waals surface area contributed by atoms with Gasteiger partial charge in [0.15, 0.2) is 11.3 Å². The SMILES string of the molecule is O=S(=O)(Oc1ccc2c3c1oc1ccc4ccc5oc6cccc-2c6c5c4c13)C(F)(F)F. The first-order chi connectivity index (χ1) is 15.2. The van der Waals surface area contributed by atoms with E-state index in [2.05, 4.69) is 4.18 Å². The van der Waals surface area contributed by atoms with Crippen LogP contribution in [-0.2, 0) is 10.1 Å². The van der Waals surface area contributed by atoms with E-state index in [1.165, 1.54) is 6.07 Å². The summed E-state index contributed by atoms with van der Waals surface area (Å²) in [5.41, 5.74) is -2.37. The first-order valence-corrected chi connectivity index (χ1v) is 10.9. The van der Waals surface area contributed by atoms with Gasteiger partial charge in [-0.15, -0.1) is 0 Å². The lowest BCUT2D eigenvalue weighted by atomic mass is 9.98. The van der Waals surface area contributed by atoms with Gasteiger partial charge in [-0.25, -0.2) is 0 Å². The number of fused-ring (bicyclic) bond motifs is 1. The Morgan fingerprint density at radius 2 is 1.34 bits per heavy atom.